The first-order valence-corrected chi connectivity index (χ1v) is 6.98. The molecule has 2 rings (SSSR count). The zero-order valence-corrected chi connectivity index (χ0v) is 13.0. The third-order valence-corrected chi connectivity index (χ3v) is 3.98. The smallest absolute Gasteiger partial charge is 0.182 e. The van der Waals surface area contributed by atoms with Gasteiger partial charge in [-0.25, -0.2) is 8.78 Å². The van der Waals surface area contributed by atoms with Crippen molar-refractivity contribution in [2.24, 2.45) is 5.73 Å². The maximum Gasteiger partial charge on any atom is 0.182 e. The van der Waals surface area contributed by atoms with Crippen molar-refractivity contribution >= 4 is 56.1 Å². The molecular weight excluding hydrogens is 370 g/mol. The lowest BCUT2D eigenvalue weighted by Gasteiger charge is -2.11. The van der Waals surface area contributed by atoms with Gasteiger partial charge >= 0.3 is 0 Å². The fourth-order valence-electron chi connectivity index (χ4n) is 1.57. The summed E-state index contributed by atoms with van der Waals surface area (Å²) in [6.45, 7) is 0. The Morgan fingerprint density at radius 2 is 1.90 bits per heavy atom. The summed E-state index contributed by atoms with van der Waals surface area (Å²) in [4.78, 5) is -0.192. The first-order valence-electron chi connectivity index (χ1n) is 5.40. The van der Waals surface area contributed by atoms with E-state index in [0.29, 0.717) is 15.2 Å². The Kier molecular flexibility index (Phi) is 4.57. The average molecular weight is 378 g/mol. The number of hydrogen-bond acceptors (Lipinski definition) is 2. The monoisotopic (exact) mass is 376 g/mol. The van der Waals surface area contributed by atoms with Gasteiger partial charge in [-0.3, -0.25) is 0 Å². The van der Waals surface area contributed by atoms with E-state index in [1.165, 1.54) is 12.1 Å². The van der Waals surface area contributed by atoms with E-state index in [1.807, 2.05) is 0 Å². The molecule has 2 aromatic carbocycles. The van der Waals surface area contributed by atoms with Gasteiger partial charge in [-0.05, 0) is 46.3 Å². The molecule has 0 saturated heterocycles. The van der Waals surface area contributed by atoms with Crippen molar-refractivity contribution < 1.29 is 8.78 Å². The number of thiocarbonyl (C=S) groups is 1. The molecule has 0 aromatic heterocycles. The second-order valence-electron chi connectivity index (χ2n) is 3.91. The molecule has 7 heteroatoms. The van der Waals surface area contributed by atoms with Gasteiger partial charge in [0, 0.05) is 15.7 Å². The van der Waals surface area contributed by atoms with Crippen molar-refractivity contribution in [3.05, 3.63) is 57.0 Å². The number of nitrogens with two attached hydrogens (primary N) is 1. The predicted octanol–water partition coefficient (Wildman–Crippen LogP) is 4.76. The molecule has 104 valence electrons. The zero-order chi connectivity index (χ0) is 14.9. The van der Waals surface area contributed by atoms with Crippen molar-refractivity contribution in [3.8, 4) is 0 Å². The molecule has 0 bridgehead atoms. The van der Waals surface area contributed by atoms with Gasteiger partial charge in [-0.15, -0.1) is 0 Å². The van der Waals surface area contributed by atoms with Crippen LogP contribution in [0, 0.1) is 11.6 Å². The van der Waals surface area contributed by atoms with Crippen LogP contribution in [-0.4, -0.2) is 4.99 Å². The van der Waals surface area contributed by atoms with Crippen LogP contribution in [0.4, 0.5) is 20.2 Å². The Morgan fingerprint density at radius 3 is 2.50 bits per heavy atom. The van der Waals surface area contributed by atoms with Gasteiger partial charge in [-0.2, -0.15) is 0 Å². The summed E-state index contributed by atoms with van der Waals surface area (Å²) in [7, 11) is 0. The predicted molar refractivity (Wildman–Crippen MR) is 84.7 cm³/mol. The highest BCUT2D eigenvalue weighted by Gasteiger charge is 2.15. The topological polar surface area (TPSA) is 38.0 Å². The minimum absolute atomic E-state index is 0.0169. The van der Waals surface area contributed by atoms with E-state index in [1.54, 1.807) is 18.2 Å². The molecule has 0 unspecified atom stereocenters. The number of benzene rings is 2. The van der Waals surface area contributed by atoms with E-state index in [-0.39, 0.29) is 16.2 Å². The van der Waals surface area contributed by atoms with Gasteiger partial charge in [0.15, 0.2) is 11.6 Å². The third kappa shape index (κ3) is 3.08. The van der Waals surface area contributed by atoms with E-state index < -0.39 is 11.6 Å². The normalized spacial score (nSPS) is 10.4. The van der Waals surface area contributed by atoms with Crippen molar-refractivity contribution in [2.75, 3.05) is 5.32 Å². The van der Waals surface area contributed by atoms with Crippen molar-refractivity contribution in [2.45, 2.75) is 0 Å². The Morgan fingerprint density at radius 1 is 1.20 bits per heavy atom. The molecule has 0 amide bonds. The summed E-state index contributed by atoms with van der Waals surface area (Å²) in [6.07, 6.45) is 0. The van der Waals surface area contributed by atoms with E-state index in [4.69, 9.17) is 17.3 Å². The molecule has 0 aliphatic heterocycles. The maximum absolute atomic E-state index is 13.9. The lowest BCUT2D eigenvalue weighted by Crippen LogP contribution is -2.13. The molecule has 0 aliphatic rings. The number of anilines is 2. The van der Waals surface area contributed by atoms with Gasteiger partial charge in [0.2, 0.25) is 0 Å². The Hall–Kier alpha value is -1.24. The van der Waals surface area contributed by atoms with E-state index >= 15 is 0 Å². The molecule has 0 radical (unpaired) electrons. The Balaban J connectivity index is 2.37. The number of halogens is 4. The average Bonchev–Trinajstić information content (AvgIpc) is 2.39. The standard InChI is InChI=1S/C13H8BrClF2N2S/c14-8-5-6(1-3-9(8)15)19-10-4-2-7(13(18)20)11(16)12(10)17/h1-5,19H,(H2,18,20). The fourth-order valence-corrected chi connectivity index (χ4v) is 2.22. The van der Waals surface area contributed by atoms with Crippen LogP contribution in [0.3, 0.4) is 0 Å². The van der Waals surface area contributed by atoms with Gasteiger partial charge < -0.3 is 11.1 Å². The molecule has 2 aromatic rings. The molecule has 2 nitrogen and oxygen atoms in total. The summed E-state index contributed by atoms with van der Waals surface area (Å²) in [6, 6.07) is 7.63. The molecule has 0 heterocycles. The van der Waals surface area contributed by atoms with Crippen molar-refractivity contribution in [3.63, 3.8) is 0 Å². The second kappa shape index (κ2) is 6.03. The third-order valence-electron chi connectivity index (χ3n) is 2.55. The van der Waals surface area contributed by atoms with Gasteiger partial charge in [-0.1, -0.05) is 23.8 Å². The summed E-state index contributed by atoms with van der Waals surface area (Å²) in [5.41, 5.74) is 5.72. The van der Waals surface area contributed by atoms with Crippen LogP contribution >= 0.6 is 39.7 Å². The highest BCUT2D eigenvalue weighted by molar-refractivity contribution is 9.10. The summed E-state index contributed by atoms with van der Waals surface area (Å²) in [5.74, 6) is -2.11. The summed E-state index contributed by atoms with van der Waals surface area (Å²) < 4.78 is 28.3. The molecule has 0 spiro atoms. The molecular formula is C13H8BrClF2N2S. The van der Waals surface area contributed by atoms with Crippen LogP contribution in [0.15, 0.2) is 34.8 Å². The fraction of sp³-hybridized carbons (Fsp3) is 0. The summed E-state index contributed by atoms with van der Waals surface area (Å²) >= 11 is 13.8. The van der Waals surface area contributed by atoms with E-state index in [0.717, 1.165) is 0 Å². The zero-order valence-electron chi connectivity index (χ0n) is 9.88. The lowest BCUT2D eigenvalue weighted by atomic mass is 10.1. The maximum atomic E-state index is 13.9. The Bertz CT molecular complexity index is 694. The van der Waals surface area contributed by atoms with Crippen molar-refractivity contribution in [1.82, 2.24) is 0 Å². The van der Waals surface area contributed by atoms with Crippen LogP contribution in [0.2, 0.25) is 5.02 Å². The molecule has 20 heavy (non-hydrogen) atoms. The van der Waals surface area contributed by atoms with Crippen LogP contribution in [0.5, 0.6) is 0 Å². The van der Waals surface area contributed by atoms with Crippen LogP contribution in [0.1, 0.15) is 5.56 Å². The van der Waals surface area contributed by atoms with Crippen LogP contribution in [-0.2, 0) is 0 Å². The second-order valence-corrected chi connectivity index (χ2v) is 5.61. The first kappa shape index (κ1) is 15.2. The molecule has 0 fully saturated rings. The van der Waals surface area contributed by atoms with Gasteiger partial charge in [0.1, 0.15) is 4.99 Å². The van der Waals surface area contributed by atoms with Crippen molar-refractivity contribution in [1.29, 1.82) is 0 Å². The molecule has 0 atom stereocenters. The van der Waals surface area contributed by atoms with Gasteiger partial charge in [0.05, 0.1) is 10.7 Å². The number of nitrogens with one attached hydrogen (secondary N) is 1. The SMILES string of the molecule is NC(=S)c1ccc(Nc2ccc(Cl)c(Br)c2)c(F)c1F. The summed E-state index contributed by atoms with van der Waals surface area (Å²) in [5, 5.41) is 3.28. The number of hydrogen-bond donors (Lipinski definition) is 2. The highest BCUT2D eigenvalue weighted by Crippen LogP contribution is 2.29. The first-order chi connectivity index (χ1) is 9.40. The highest BCUT2D eigenvalue weighted by atomic mass is 79.9. The largest absolute Gasteiger partial charge is 0.389 e. The lowest BCUT2D eigenvalue weighted by molar-refractivity contribution is 0.510. The molecule has 0 saturated carbocycles. The van der Waals surface area contributed by atoms with Crippen LogP contribution < -0.4 is 11.1 Å². The minimum Gasteiger partial charge on any atom is -0.389 e. The Labute approximate surface area is 133 Å². The van der Waals surface area contributed by atoms with E-state index in [9.17, 15) is 8.78 Å². The quantitative estimate of drug-likeness (QED) is 0.758. The molecule has 0 aliphatic carbocycles. The van der Waals surface area contributed by atoms with Gasteiger partial charge in [0.25, 0.3) is 0 Å². The molecule has 3 N–H and O–H groups in total. The van der Waals surface area contributed by atoms with Crippen LogP contribution in [0.25, 0.3) is 0 Å². The minimum atomic E-state index is -1.07. The number of rotatable bonds is 3. The van der Waals surface area contributed by atoms with E-state index in [2.05, 4.69) is 33.5 Å².